The Labute approximate surface area is 150 Å². The summed E-state index contributed by atoms with van der Waals surface area (Å²) in [5.41, 5.74) is 0.755. The number of anilines is 1. The molecule has 0 saturated carbocycles. The van der Waals surface area contributed by atoms with Crippen molar-refractivity contribution in [1.82, 2.24) is 0 Å². The van der Waals surface area contributed by atoms with Crippen molar-refractivity contribution in [3.8, 4) is 0 Å². The summed E-state index contributed by atoms with van der Waals surface area (Å²) in [5.74, 6) is -1.21. The van der Waals surface area contributed by atoms with Crippen molar-refractivity contribution in [2.75, 3.05) is 12.4 Å². The molecule has 0 aliphatic heterocycles. The SMILES string of the molecule is COC(=O)c1cc(=O)c2cc(NC(=O)c3ccc(Br)cc3)ccc2o1. The number of hydrogen-bond acceptors (Lipinski definition) is 5. The fourth-order valence-electron chi connectivity index (χ4n) is 2.24. The van der Waals surface area contributed by atoms with Gasteiger partial charge in [0.1, 0.15) is 5.58 Å². The molecule has 3 rings (SSSR count). The first-order valence-corrected chi connectivity index (χ1v) is 8.00. The summed E-state index contributed by atoms with van der Waals surface area (Å²) in [4.78, 5) is 35.9. The van der Waals surface area contributed by atoms with E-state index in [1.165, 1.54) is 19.2 Å². The normalized spacial score (nSPS) is 10.5. The second-order valence-electron chi connectivity index (χ2n) is 5.14. The number of rotatable bonds is 3. The summed E-state index contributed by atoms with van der Waals surface area (Å²) in [6, 6.07) is 12.5. The van der Waals surface area contributed by atoms with E-state index in [0.717, 1.165) is 10.5 Å². The summed E-state index contributed by atoms with van der Waals surface area (Å²) in [6.07, 6.45) is 0. The smallest absolute Gasteiger partial charge is 0.374 e. The number of fused-ring (bicyclic) bond motifs is 1. The monoisotopic (exact) mass is 401 g/mol. The molecule has 1 heterocycles. The van der Waals surface area contributed by atoms with Crippen molar-refractivity contribution < 1.29 is 18.7 Å². The van der Waals surface area contributed by atoms with Gasteiger partial charge in [0, 0.05) is 21.8 Å². The lowest BCUT2D eigenvalue weighted by Crippen LogP contribution is -2.12. The van der Waals surface area contributed by atoms with Crippen LogP contribution in [0.5, 0.6) is 0 Å². The molecule has 0 unspecified atom stereocenters. The average Bonchev–Trinajstić information content (AvgIpc) is 2.61. The quantitative estimate of drug-likeness (QED) is 0.677. The van der Waals surface area contributed by atoms with Gasteiger partial charge in [0.2, 0.25) is 5.76 Å². The van der Waals surface area contributed by atoms with Crippen LogP contribution in [0.2, 0.25) is 0 Å². The maximum atomic E-state index is 12.2. The van der Waals surface area contributed by atoms with E-state index in [0.29, 0.717) is 11.3 Å². The molecule has 3 aromatic rings. The van der Waals surface area contributed by atoms with Crippen molar-refractivity contribution in [1.29, 1.82) is 0 Å². The minimum absolute atomic E-state index is 0.174. The molecule has 1 amide bonds. The molecule has 1 aromatic heterocycles. The number of halogens is 1. The molecule has 0 aliphatic carbocycles. The number of hydrogen-bond donors (Lipinski definition) is 1. The van der Waals surface area contributed by atoms with E-state index < -0.39 is 11.4 Å². The fourth-order valence-corrected chi connectivity index (χ4v) is 2.50. The van der Waals surface area contributed by atoms with Crippen LogP contribution in [0, 0.1) is 0 Å². The lowest BCUT2D eigenvalue weighted by Gasteiger charge is -2.07. The zero-order chi connectivity index (χ0) is 18.0. The van der Waals surface area contributed by atoms with Gasteiger partial charge in [-0.25, -0.2) is 4.79 Å². The third-order valence-electron chi connectivity index (χ3n) is 3.48. The van der Waals surface area contributed by atoms with Crippen molar-refractivity contribution >= 4 is 44.5 Å². The maximum Gasteiger partial charge on any atom is 0.374 e. The van der Waals surface area contributed by atoms with Crippen LogP contribution in [0.3, 0.4) is 0 Å². The van der Waals surface area contributed by atoms with Crippen molar-refractivity contribution in [2.45, 2.75) is 0 Å². The Bertz CT molecular complexity index is 1020. The molecule has 0 saturated heterocycles. The lowest BCUT2D eigenvalue weighted by atomic mass is 10.1. The van der Waals surface area contributed by atoms with Gasteiger partial charge in [0.25, 0.3) is 5.91 Å². The highest BCUT2D eigenvalue weighted by Gasteiger charge is 2.13. The molecule has 0 spiro atoms. The van der Waals surface area contributed by atoms with Gasteiger partial charge in [0.05, 0.1) is 12.5 Å². The number of nitrogens with one attached hydrogen (secondary N) is 1. The predicted molar refractivity (Wildman–Crippen MR) is 95.9 cm³/mol. The molecule has 126 valence electrons. The Kier molecular flexibility index (Phi) is 4.67. The minimum atomic E-state index is -0.730. The second-order valence-corrected chi connectivity index (χ2v) is 6.05. The zero-order valence-corrected chi connectivity index (χ0v) is 14.6. The van der Waals surface area contributed by atoms with Crippen LogP contribution < -0.4 is 10.7 Å². The molecular weight excluding hydrogens is 390 g/mol. The Hall–Kier alpha value is -2.93. The van der Waals surface area contributed by atoms with Crippen LogP contribution in [0.15, 0.2) is 62.2 Å². The largest absolute Gasteiger partial charge is 0.463 e. The molecule has 7 heteroatoms. The average molecular weight is 402 g/mol. The van der Waals surface area contributed by atoms with Crippen molar-refractivity contribution in [2.24, 2.45) is 0 Å². The molecule has 0 aliphatic rings. The summed E-state index contributed by atoms with van der Waals surface area (Å²) in [6.45, 7) is 0. The van der Waals surface area contributed by atoms with Gasteiger partial charge in [-0.05, 0) is 42.5 Å². The van der Waals surface area contributed by atoms with Gasteiger partial charge in [0.15, 0.2) is 5.43 Å². The number of ether oxygens (including phenoxy) is 1. The highest BCUT2D eigenvalue weighted by atomic mass is 79.9. The summed E-state index contributed by atoms with van der Waals surface area (Å²) in [5, 5.41) is 2.97. The zero-order valence-electron chi connectivity index (χ0n) is 13.0. The highest BCUT2D eigenvalue weighted by molar-refractivity contribution is 9.10. The molecule has 0 bridgehead atoms. The van der Waals surface area contributed by atoms with E-state index >= 15 is 0 Å². The molecule has 25 heavy (non-hydrogen) atoms. The van der Waals surface area contributed by atoms with Gasteiger partial charge < -0.3 is 14.5 Å². The first-order valence-electron chi connectivity index (χ1n) is 7.21. The Morgan fingerprint density at radius 3 is 2.48 bits per heavy atom. The molecule has 6 nitrogen and oxygen atoms in total. The Balaban J connectivity index is 1.92. The van der Waals surface area contributed by atoms with Crippen LogP contribution in [-0.4, -0.2) is 19.0 Å². The number of carbonyl (C=O) groups is 2. The Morgan fingerprint density at radius 1 is 1.08 bits per heavy atom. The molecule has 0 radical (unpaired) electrons. The van der Waals surface area contributed by atoms with E-state index in [1.807, 2.05) is 0 Å². The van der Waals surface area contributed by atoms with Crippen LogP contribution >= 0.6 is 15.9 Å². The van der Waals surface area contributed by atoms with Crippen LogP contribution in [0.1, 0.15) is 20.9 Å². The van der Waals surface area contributed by atoms with Crippen LogP contribution in [0.25, 0.3) is 11.0 Å². The van der Waals surface area contributed by atoms with Crippen LogP contribution in [-0.2, 0) is 4.74 Å². The summed E-state index contributed by atoms with van der Waals surface area (Å²) >= 11 is 3.31. The van der Waals surface area contributed by atoms with E-state index in [1.54, 1.807) is 30.3 Å². The predicted octanol–water partition coefficient (Wildman–Crippen LogP) is 3.59. The second kappa shape index (κ2) is 6.90. The molecule has 2 aromatic carbocycles. The molecular formula is C18H12BrNO5. The fraction of sp³-hybridized carbons (Fsp3) is 0.0556. The number of esters is 1. The van der Waals surface area contributed by atoms with E-state index in [-0.39, 0.29) is 22.6 Å². The van der Waals surface area contributed by atoms with Gasteiger partial charge in [-0.3, -0.25) is 9.59 Å². The number of amides is 1. The van der Waals surface area contributed by atoms with Gasteiger partial charge in [-0.2, -0.15) is 0 Å². The van der Waals surface area contributed by atoms with Gasteiger partial charge >= 0.3 is 5.97 Å². The topological polar surface area (TPSA) is 85.6 Å². The first-order chi connectivity index (χ1) is 12.0. The maximum absolute atomic E-state index is 12.2. The van der Waals surface area contributed by atoms with Gasteiger partial charge in [-0.1, -0.05) is 15.9 Å². The molecule has 0 atom stereocenters. The number of benzene rings is 2. The van der Waals surface area contributed by atoms with E-state index in [4.69, 9.17) is 4.42 Å². The third-order valence-corrected chi connectivity index (χ3v) is 4.01. The lowest BCUT2D eigenvalue weighted by molar-refractivity contribution is 0.0565. The third kappa shape index (κ3) is 3.61. The first kappa shape index (κ1) is 16.9. The number of methoxy groups -OCH3 is 1. The van der Waals surface area contributed by atoms with E-state index in [2.05, 4.69) is 26.0 Å². The van der Waals surface area contributed by atoms with Gasteiger partial charge in [-0.15, -0.1) is 0 Å². The number of carbonyl (C=O) groups excluding carboxylic acids is 2. The van der Waals surface area contributed by atoms with Crippen molar-refractivity contribution in [3.05, 3.63) is 74.6 Å². The Morgan fingerprint density at radius 2 is 1.80 bits per heavy atom. The van der Waals surface area contributed by atoms with Crippen LogP contribution in [0.4, 0.5) is 5.69 Å². The molecule has 1 N–H and O–H groups in total. The molecule has 0 fully saturated rings. The highest BCUT2D eigenvalue weighted by Crippen LogP contribution is 2.19. The standard InChI is InChI=1S/C18H12BrNO5/c1-24-18(23)16-9-14(21)13-8-12(6-7-15(13)25-16)20-17(22)10-2-4-11(19)5-3-10/h2-9H,1H3,(H,20,22). The van der Waals surface area contributed by atoms with Crippen molar-refractivity contribution in [3.63, 3.8) is 0 Å². The summed E-state index contributed by atoms with van der Waals surface area (Å²) < 4.78 is 10.8. The summed E-state index contributed by atoms with van der Waals surface area (Å²) in [7, 11) is 1.20. The minimum Gasteiger partial charge on any atom is -0.463 e. The van der Waals surface area contributed by atoms with E-state index in [9.17, 15) is 14.4 Å².